The highest BCUT2D eigenvalue weighted by Crippen LogP contribution is 2.41. The molecule has 0 spiro atoms. The van der Waals surface area contributed by atoms with Crippen molar-refractivity contribution in [3.63, 3.8) is 0 Å². The molecule has 3 heteroatoms. The van der Waals surface area contributed by atoms with Crippen molar-refractivity contribution in [1.82, 2.24) is 5.43 Å². The van der Waals surface area contributed by atoms with Gasteiger partial charge in [0, 0.05) is 11.5 Å². The molecule has 3 nitrogen and oxygen atoms in total. The summed E-state index contributed by atoms with van der Waals surface area (Å²) in [6, 6.07) is 12.8. The zero-order chi connectivity index (χ0) is 15.0. The number of nitrogens with one attached hydrogen (secondary N) is 1. The molecular formula is C18H22N2O. The number of hydrogen-bond donors (Lipinski definition) is 2. The molecule has 0 radical (unpaired) electrons. The quantitative estimate of drug-likeness (QED) is 0.671. The summed E-state index contributed by atoms with van der Waals surface area (Å²) >= 11 is 0. The first-order valence-corrected chi connectivity index (χ1v) is 7.37. The van der Waals surface area contributed by atoms with Crippen LogP contribution >= 0.6 is 0 Å². The van der Waals surface area contributed by atoms with Crippen LogP contribution in [0, 0.1) is 20.8 Å². The normalized spacial score (nSPS) is 18.2. The molecule has 2 aromatic carbocycles. The van der Waals surface area contributed by atoms with E-state index in [1.165, 1.54) is 27.8 Å². The Kier molecular flexibility index (Phi) is 3.70. The van der Waals surface area contributed by atoms with Gasteiger partial charge in [-0.3, -0.25) is 11.3 Å². The molecule has 0 saturated heterocycles. The third-order valence-corrected chi connectivity index (χ3v) is 4.54. The van der Waals surface area contributed by atoms with Gasteiger partial charge in [-0.2, -0.15) is 0 Å². The summed E-state index contributed by atoms with van der Waals surface area (Å²) in [5.74, 6) is 7.11. The summed E-state index contributed by atoms with van der Waals surface area (Å²) in [5.41, 5.74) is 9.38. The second-order valence-corrected chi connectivity index (χ2v) is 5.89. The maximum atomic E-state index is 5.89. The molecule has 0 bridgehead atoms. The number of hydrogen-bond acceptors (Lipinski definition) is 3. The fraction of sp³-hybridized carbons (Fsp3) is 0.333. The highest BCUT2D eigenvalue weighted by Gasteiger charge is 2.32. The Labute approximate surface area is 126 Å². The van der Waals surface area contributed by atoms with E-state index in [4.69, 9.17) is 10.6 Å². The molecule has 3 rings (SSSR count). The van der Waals surface area contributed by atoms with Crippen molar-refractivity contribution in [2.75, 3.05) is 6.61 Å². The van der Waals surface area contributed by atoms with E-state index >= 15 is 0 Å². The first kappa shape index (κ1) is 14.1. The van der Waals surface area contributed by atoms with Crippen molar-refractivity contribution in [2.24, 2.45) is 5.84 Å². The largest absolute Gasteiger partial charge is 0.493 e. The molecule has 1 heterocycles. The molecule has 0 amide bonds. The molecule has 1 aliphatic rings. The minimum absolute atomic E-state index is 0.0629. The summed E-state index contributed by atoms with van der Waals surface area (Å²) in [7, 11) is 0. The standard InChI is InChI=1S/C18H22N2O/c1-11-8-13(3)15(9-12(11)2)18(20-19)16-10-21-17-7-5-4-6-14(16)17/h4-9,16,18,20H,10,19H2,1-3H3. The predicted molar refractivity (Wildman–Crippen MR) is 85.4 cm³/mol. The van der Waals surface area contributed by atoms with Gasteiger partial charge in [0.15, 0.2) is 0 Å². The van der Waals surface area contributed by atoms with Crippen LogP contribution in [0.1, 0.15) is 39.8 Å². The van der Waals surface area contributed by atoms with Gasteiger partial charge in [0.1, 0.15) is 5.75 Å². The SMILES string of the molecule is Cc1cc(C)c(C(NN)C2COc3ccccc32)cc1C. The Morgan fingerprint density at radius 2 is 1.81 bits per heavy atom. The van der Waals surface area contributed by atoms with Crippen molar-refractivity contribution in [2.45, 2.75) is 32.7 Å². The lowest BCUT2D eigenvalue weighted by atomic mass is 9.85. The van der Waals surface area contributed by atoms with Crippen LogP contribution in [0.15, 0.2) is 36.4 Å². The number of nitrogens with two attached hydrogens (primary N) is 1. The van der Waals surface area contributed by atoms with E-state index in [1.54, 1.807) is 0 Å². The van der Waals surface area contributed by atoms with E-state index in [0.29, 0.717) is 6.61 Å². The molecule has 21 heavy (non-hydrogen) atoms. The van der Waals surface area contributed by atoms with Gasteiger partial charge in [0.05, 0.1) is 12.6 Å². The van der Waals surface area contributed by atoms with E-state index in [1.807, 2.05) is 12.1 Å². The highest BCUT2D eigenvalue weighted by atomic mass is 16.5. The summed E-state index contributed by atoms with van der Waals surface area (Å²) in [6.45, 7) is 7.10. The van der Waals surface area contributed by atoms with E-state index in [2.05, 4.69) is 50.5 Å². The lowest BCUT2D eigenvalue weighted by molar-refractivity contribution is 0.300. The van der Waals surface area contributed by atoms with Gasteiger partial charge in [-0.05, 0) is 49.1 Å². The molecule has 0 aliphatic carbocycles. The minimum Gasteiger partial charge on any atom is -0.493 e. The van der Waals surface area contributed by atoms with E-state index in [-0.39, 0.29) is 12.0 Å². The van der Waals surface area contributed by atoms with Crippen LogP contribution in [-0.4, -0.2) is 6.61 Å². The Bertz CT molecular complexity index is 666. The minimum atomic E-state index is 0.0629. The van der Waals surface area contributed by atoms with Crippen LogP contribution in [0.25, 0.3) is 0 Å². The van der Waals surface area contributed by atoms with Gasteiger partial charge in [0.2, 0.25) is 0 Å². The van der Waals surface area contributed by atoms with Gasteiger partial charge >= 0.3 is 0 Å². The number of aryl methyl sites for hydroxylation is 3. The molecule has 0 saturated carbocycles. The lowest BCUT2D eigenvalue weighted by Gasteiger charge is -2.25. The van der Waals surface area contributed by atoms with Crippen molar-refractivity contribution >= 4 is 0 Å². The van der Waals surface area contributed by atoms with Crippen LogP contribution in [0.2, 0.25) is 0 Å². The fourth-order valence-electron chi connectivity index (χ4n) is 3.20. The summed E-state index contributed by atoms with van der Waals surface area (Å²) in [6.07, 6.45) is 0. The third kappa shape index (κ3) is 2.43. The van der Waals surface area contributed by atoms with Gasteiger partial charge in [-0.25, -0.2) is 0 Å². The number of rotatable bonds is 3. The van der Waals surface area contributed by atoms with Crippen LogP contribution in [-0.2, 0) is 0 Å². The fourth-order valence-corrected chi connectivity index (χ4v) is 3.20. The Morgan fingerprint density at radius 3 is 2.57 bits per heavy atom. The van der Waals surface area contributed by atoms with Crippen molar-refractivity contribution in [3.8, 4) is 5.75 Å². The first-order chi connectivity index (χ1) is 10.1. The Balaban J connectivity index is 2.03. The van der Waals surface area contributed by atoms with Crippen LogP contribution in [0.4, 0.5) is 0 Å². The number of para-hydroxylation sites is 1. The molecule has 2 atom stereocenters. The molecule has 3 N–H and O–H groups in total. The molecule has 2 aromatic rings. The van der Waals surface area contributed by atoms with Gasteiger partial charge in [0.25, 0.3) is 0 Å². The molecular weight excluding hydrogens is 260 g/mol. The maximum Gasteiger partial charge on any atom is 0.122 e. The second kappa shape index (κ2) is 5.51. The second-order valence-electron chi connectivity index (χ2n) is 5.89. The summed E-state index contributed by atoms with van der Waals surface area (Å²) in [4.78, 5) is 0. The molecule has 0 fully saturated rings. The average molecular weight is 282 g/mol. The molecule has 0 aromatic heterocycles. The topological polar surface area (TPSA) is 47.3 Å². The van der Waals surface area contributed by atoms with Crippen molar-refractivity contribution in [1.29, 1.82) is 0 Å². The Hall–Kier alpha value is -1.84. The molecule has 2 unspecified atom stereocenters. The van der Waals surface area contributed by atoms with Crippen molar-refractivity contribution < 1.29 is 4.74 Å². The number of ether oxygens (including phenoxy) is 1. The molecule has 1 aliphatic heterocycles. The zero-order valence-electron chi connectivity index (χ0n) is 12.8. The number of hydrazine groups is 1. The monoisotopic (exact) mass is 282 g/mol. The first-order valence-electron chi connectivity index (χ1n) is 7.37. The lowest BCUT2D eigenvalue weighted by Crippen LogP contribution is -2.33. The van der Waals surface area contributed by atoms with Gasteiger partial charge in [-0.15, -0.1) is 0 Å². The highest BCUT2D eigenvalue weighted by molar-refractivity contribution is 5.45. The summed E-state index contributed by atoms with van der Waals surface area (Å²) in [5, 5.41) is 0. The smallest absolute Gasteiger partial charge is 0.122 e. The van der Waals surface area contributed by atoms with Crippen LogP contribution in [0.3, 0.4) is 0 Å². The third-order valence-electron chi connectivity index (χ3n) is 4.54. The predicted octanol–water partition coefficient (Wildman–Crippen LogP) is 3.29. The van der Waals surface area contributed by atoms with E-state index in [9.17, 15) is 0 Å². The summed E-state index contributed by atoms with van der Waals surface area (Å²) < 4.78 is 5.81. The maximum absolute atomic E-state index is 5.89. The average Bonchev–Trinajstić information content (AvgIpc) is 2.89. The van der Waals surface area contributed by atoms with Crippen LogP contribution < -0.4 is 16.0 Å². The van der Waals surface area contributed by atoms with E-state index < -0.39 is 0 Å². The number of fused-ring (bicyclic) bond motifs is 1. The molecule has 110 valence electrons. The Morgan fingerprint density at radius 1 is 1.10 bits per heavy atom. The van der Waals surface area contributed by atoms with E-state index in [0.717, 1.165) is 5.75 Å². The zero-order valence-corrected chi connectivity index (χ0v) is 12.8. The van der Waals surface area contributed by atoms with Gasteiger partial charge < -0.3 is 4.74 Å². The van der Waals surface area contributed by atoms with Gasteiger partial charge in [-0.1, -0.05) is 30.3 Å². The van der Waals surface area contributed by atoms with Crippen molar-refractivity contribution in [3.05, 3.63) is 64.2 Å². The number of benzene rings is 2. The van der Waals surface area contributed by atoms with Crippen LogP contribution in [0.5, 0.6) is 5.75 Å².